The summed E-state index contributed by atoms with van der Waals surface area (Å²) in [4.78, 5) is 5.70. The first kappa shape index (κ1) is 15.9. The molecule has 1 N–H and O–H groups in total. The van der Waals surface area contributed by atoms with Crippen LogP contribution in [0.2, 0.25) is 0 Å². The molecular formula is C17H22N2OS. The number of rotatable bonds is 7. The van der Waals surface area contributed by atoms with Crippen molar-refractivity contribution in [3.05, 3.63) is 48.2 Å². The quantitative estimate of drug-likeness (QED) is 0.827. The molecule has 0 aliphatic rings. The second kappa shape index (κ2) is 8.05. The van der Waals surface area contributed by atoms with E-state index in [4.69, 9.17) is 4.74 Å². The molecule has 1 aromatic carbocycles. The summed E-state index contributed by atoms with van der Waals surface area (Å²) >= 11 is 1.69. The molecule has 0 spiro atoms. The second-order valence-electron chi connectivity index (χ2n) is 4.85. The van der Waals surface area contributed by atoms with E-state index in [2.05, 4.69) is 42.3 Å². The van der Waals surface area contributed by atoms with Gasteiger partial charge in [-0.25, -0.2) is 4.98 Å². The Morgan fingerprint density at radius 1 is 1.24 bits per heavy atom. The van der Waals surface area contributed by atoms with Crippen LogP contribution < -0.4 is 10.1 Å². The Morgan fingerprint density at radius 2 is 2.00 bits per heavy atom. The number of hydrogen-bond donors (Lipinski definition) is 1. The van der Waals surface area contributed by atoms with Crippen molar-refractivity contribution < 1.29 is 4.74 Å². The molecule has 112 valence electrons. The normalized spacial score (nSPS) is 12.1. The predicted octanol–water partition coefficient (Wildman–Crippen LogP) is 4.30. The lowest BCUT2D eigenvalue weighted by atomic mass is 10.1. The predicted molar refractivity (Wildman–Crippen MR) is 88.1 cm³/mol. The van der Waals surface area contributed by atoms with Crippen LogP contribution in [0.4, 0.5) is 0 Å². The lowest BCUT2D eigenvalue weighted by Gasteiger charge is -2.16. The lowest BCUT2D eigenvalue weighted by Crippen LogP contribution is -2.20. The summed E-state index contributed by atoms with van der Waals surface area (Å²) in [5.41, 5.74) is 1.24. The Morgan fingerprint density at radius 3 is 2.67 bits per heavy atom. The van der Waals surface area contributed by atoms with Gasteiger partial charge in [-0.05, 0) is 50.2 Å². The molecule has 0 radical (unpaired) electrons. The number of nitrogens with one attached hydrogen (secondary N) is 1. The number of hydrogen-bond acceptors (Lipinski definition) is 4. The third kappa shape index (κ3) is 4.48. The highest BCUT2D eigenvalue weighted by molar-refractivity contribution is 7.99. The van der Waals surface area contributed by atoms with Crippen LogP contribution in [0.1, 0.15) is 31.9 Å². The van der Waals surface area contributed by atoms with Gasteiger partial charge >= 0.3 is 0 Å². The third-order valence-electron chi connectivity index (χ3n) is 3.24. The van der Waals surface area contributed by atoms with E-state index in [-0.39, 0.29) is 0 Å². The molecule has 0 fully saturated rings. The number of ether oxygens (including phenoxy) is 1. The number of benzene rings is 1. The molecule has 2 aromatic rings. The van der Waals surface area contributed by atoms with Crippen LogP contribution in [0.15, 0.2) is 52.5 Å². The van der Waals surface area contributed by atoms with Crippen molar-refractivity contribution in [1.82, 2.24) is 10.3 Å². The number of nitrogens with zero attached hydrogens (tertiary/aromatic N) is 1. The van der Waals surface area contributed by atoms with Gasteiger partial charge in [-0.2, -0.15) is 0 Å². The Bertz CT molecular complexity index is 557. The molecule has 4 heteroatoms. The van der Waals surface area contributed by atoms with Crippen LogP contribution in [-0.2, 0) is 0 Å². The molecule has 1 unspecified atom stereocenters. The average molecular weight is 302 g/mol. The summed E-state index contributed by atoms with van der Waals surface area (Å²) < 4.78 is 5.19. The fraction of sp³-hybridized carbons (Fsp3) is 0.353. The largest absolute Gasteiger partial charge is 0.497 e. The van der Waals surface area contributed by atoms with Crippen molar-refractivity contribution in [3.63, 3.8) is 0 Å². The summed E-state index contributed by atoms with van der Waals surface area (Å²) in [6.45, 7) is 5.38. The first-order valence-electron chi connectivity index (χ1n) is 7.24. The zero-order chi connectivity index (χ0) is 15.1. The topological polar surface area (TPSA) is 34.2 Å². The Balaban J connectivity index is 2.15. The minimum absolute atomic E-state index is 0.305. The molecule has 0 aliphatic carbocycles. The van der Waals surface area contributed by atoms with Gasteiger partial charge in [0.2, 0.25) is 0 Å². The highest BCUT2D eigenvalue weighted by Gasteiger charge is 2.11. The van der Waals surface area contributed by atoms with Gasteiger partial charge in [-0.3, -0.25) is 0 Å². The monoisotopic (exact) mass is 302 g/mol. The molecule has 0 saturated heterocycles. The molecule has 0 saturated carbocycles. The van der Waals surface area contributed by atoms with Gasteiger partial charge in [0.25, 0.3) is 0 Å². The average Bonchev–Trinajstić information content (AvgIpc) is 2.54. The Labute approximate surface area is 131 Å². The van der Waals surface area contributed by atoms with Crippen LogP contribution in [-0.4, -0.2) is 18.6 Å². The van der Waals surface area contributed by atoms with Crippen LogP contribution >= 0.6 is 11.8 Å². The van der Waals surface area contributed by atoms with Crippen molar-refractivity contribution in [2.24, 2.45) is 0 Å². The van der Waals surface area contributed by atoms with Gasteiger partial charge < -0.3 is 10.1 Å². The van der Waals surface area contributed by atoms with Gasteiger partial charge in [-0.15, -0.1) is 0 Å². The van der Waals surface area contributed by atoms with Crippen LogP contribution in [0, 0.1) is 0 Å². The van der Waals surface area contributed by atoms with E-state index < -0.39 is 0 Å². The van der Waals surface area contributed by atoms with E-state index in [0.717, 1.165) is 23.7 Å². The molecule has 1 heterocycles. The molecule has 2 rings (SSSR count). The minimum atomic E-state index is 0.305. The maximum absolute atomic E-state index is 5.19. The van der Waals surface area contributed by atoms with Gasteiger partial charge in [0.15, 0.2) is 0 Å². The summed E-state index contributed by atoms with van der Waals surface area (Å²) in [6.07, 6.45) is 2.98. The second-order valence-corrected chi connectivity index (χ2v) is 5.91. The molecule has 0 amide bonds. The fourth-order valence-electron chi connectivity index (χ4n) is 2.04. The molecule has 3 nitrogen and oxygen atoms in total. The molecular weight excluding hydrogens is 280 g/mol. The Kier molecular flexibility index (Phi) is 6.08. The van der Waals surface area contributed by atoms with Crippen molar-refractivity contribution in [2.75, 3.05) is 13.7 Å². The zero-order valence-electron chi connectivity index (χ0n) is 12.8. The molecule has 1 atom stereocenters. The van der Waals surface area contributed by atoms with E-state index >= 15 is 0 Å². The minimum Gasteiger partial charge on any atom is -0.497 e. The van der Waals surface area contributed by atoms with E-state index in [1.165, 1.54) is 10.5 Å². The fourth-order valence-corrected chi connectivity index (χ4v) is 3.02. The third-order valence-corrected chi connectivity index (χ3v) is 4.28. The van der Waals surface area contributed by atoms with Gasteiger partial charge in [-0.1, -0.05) is 24.8 Å². The summed E-state index contributed by atoms with van der Waals surface area (Å²) in [5.74, 6) is 0.874. The number of aromatic nitrogens is 1. The Hall–Kier alpha value is -1.52. The standard InChI is InChI=1S/C17H22N2OS/c1-4-11-18-13(2)16-6-5-12-19-17(16)21-15-9-7-14(20-3)8-10-15/h5-10,12-13,18H,4,11H2,1-3H3. The first-order valence-corrected chi connectivity index (χ1v) is 8.06. The van der Waals surface area contributed by atoms with Gasteiger partial charge in [0.1, 0.15) is 10.8 Å². The zero-order valence-corrected chi connectivity index (χ0v) is 13.6. The van der Waals surface area contributed by atoms with Crippen LogP contribution in [0.3, 0.4) is 0 Å². The van der Waals surface area contributed by atoms with Crippen LogP contribution in [0.5, 0.6) is 5.75 Å². The number of methoxy groups -OCH3 is 1. The van der Waals surface area contributed by atoms with E-state index in [9.17, 15) is 0 Å². The SMILES string of the molecule is CCCNC(C)c1cccnc1Sc1ccc(OC)cc1. The molecule has 1 aromatic heterocycles. The summed E-state index contributed by atoms with van der Waals surface area (Å²) in [6, 6.07) is 12.5. The molecule has 0 aliphatic heterocycles. The summed E-state index contributed by atoms with van der Waals surface area (Å²) in [5, 5.41) is 4.57. The highest BCUT2D eigenvalue weighted by atomic mass is 32.2. The van der Waals surface area contributed by atoms with Crippen molar-refractivity contribution in [3.8, 4) is 5.75 Å². The smallest absolute Gasteiger partial charge is 0.118 e. The first-order chi connectivity index (χ1) is 10.2. The van der Waals surface area contributed by atoms with Gasteiger partial charge in [0.05, 0.1) is 7.11 Å². The van der Waals surface area contributed by atoms with Crippen molar-refractivity contribution in [2.45, 2.75) is 36.2 Å². The van der Waals surface area contributed by atoms with Gasteiger partial charge in [0, 0.05) is 22.7 Å². The van der Waals surface area contributed by atoms with E-state index in [0.29, 0.717) is 6.04 Å². The number of pyridine rings is 1. The van der Waals surface area contributed by atoms with Crippen molar-refractivity contribution >= 4 is 11.8 Å². The maximum Gasteiger partial charge on any atom is 0.118 e. The van der Waals surface area contributed by atoms with Crippen LogP contribution in [0.25, 0.3) is 0 Å². The van der Waals surface area contributed by atoms with E-state index in [1.807, 2.05) is 24.4 Å². The molecule has 0 bridgehead atoms. The summed E-state index contributed by atoms with van der Waals surface area (Å²) in [7, 11) is 1.68. The maximum atomic E-state index is 5.19. The highest BCUT2D eigenvalue weighted by Crippen LogP contribution is 2.32. The van der Waals surface area contributed by atoms with Crippen molar-refractivity contribution in [1.29, 1.82) is 0 Å². The van der Waals surface area contributed by atoms with E-state index in [1.54, 1.807) is 18.9 Å². The lowest BCUT2D eigenvalue weighted by molar-refractivity contribution is 0.414. The molecule has 21 heavy (non-hydrogen) atoms.